The van der Waals surface area contributed by atoms with Crippen molar-refractivity contribution < 1.29 is 28.0 Å². The van der Waals surface area contributed by atoms with E-state index in [2.05, 4.69) is 13.8 Å². The van der Waals surface area contributed by atoms with Gasteiger partial charge in [0.05, 0.1) is 13.2 Å². The quantitative estimate of drug-likeness (QED) is 0.282. The molecule has 140 valence electrons. The highest BCUT2D eigenvalue weighted by Gasteiger charge is 2.34. The Bertz CT molecular complexity index is 349. The van der Waals surface area contributed by atoms with E-state index in [1.54, 1.807) is 0 Å². The minimum Gasteiger partial charge on any atom is -0.324 e. The molecule has 0 heterocycles. The second-order valence-corrected chi connectivity index (χ2v) is 10.1. The molecule has 8 heteroatoms. The van der Waals surface area contributed by atoms with Crippen LogP contribution in [0.2, 0.25) is 0 Å². The van der Waals surface area contributed by atoms with Crippen molar-refractivity contribution in [3.63, 3.8) is 0 Å². The lowest BCUT2D eigenvalue weighted by atomic mass is 10.2. The van der Waals surface area contributed by atoms with Gasteiger partial charge in [-0.05, 0) is 12.8 Å². The maximum Gasteiger partial charge on any atom is 0.342 e. The lowest BCUT2D eigenvalue weighted by Gasteiger charge is -2.19. The van der Waals surface area contributed by atoms with Crippen molar-refractivity contribution in [3.05, 3.63) is 0 Å². The van der Waals surface area contributed by atoms with E-state index in [0.717, 1.165) is 64.2 Å². The van der Waals surface area contributed by atoms with Crippen molar-refractivity contribution in [2.75, 3.05) is 19.1 Å². The molecule has 0 fully saturated rings. The van der Waals surface area contributed by atoms with Gasteiger partial charge in [0.15, 0.2) is 5.90 Å². The van der Waals surface area contributed by atoms with Gasteiger partial charge in [-0.15, -0.1) is 0 Å². The zero-order chi connectivity index (χ0) is 17.6. The van der Waals surface area contributed by atoms with E-state index in [1.807, 2.05) is 0 Å². The summed E-state index contributed by atoms with van der Waals surface area (Å²) in [5.74, 6) is -0.829. The summed E-state index contributed by atoms with van der Waals surface area (Å²) in [5.41, 5.74) is 0. The predicted octanol–water partition coefficient (Wildman–Crippen LogP) is 5.29. The van der Waals surface area contributed by atoms with Crippen molar-refractivity contribution in [2.24, 2.45) is 0 Å². The maximum atomic E-state index is 12.5. The van der Waals surface area contributed by atoms with Gasteiger partial charge < -0.3 is 18.8 Å². The van der Waals surface area contributed by atoms with Gasteiger partial charge in [0, 0.05) is 0 Å². The summed E-state index contributed by atoms with van der Waals surface area (Å²) in [4.78, 5) is 18.2. The van der Waals surface area contributed by atoms with Crippen LogP contribution >= 0.6 is 15.2 Å². The maximum absolute atomic E-state index is 12.5. The molecular weight excluding hydrogens is 338 g/mol. The van der Waals surface area contributed by atoms with Crippen molar-refractivity contribution in [1.29, 1.82) is 0 Å². The van der Waals surface area contributed by atoms with Gasteiger partial charge in [0.25, 0.3) is 0 Å². The largest absolute Gasteiger partial charge is 0.342 e. The fraction of sp³-hybridized carbons (Fsp3) is 1.00. The summed E-state index contributed by atoms with van der Waals surface area (Å²) < 4.78 is 34.1. The Morgan fingerprint density at radius 1 is 0.696 bits per heavy atom. The molecule has 0 saturated heterocycles. The summed E-state index contributed by atoms with van der Waals surface area (Å²) in [7, 11) is -8.15. The lowest BCUT2D eigenvalue weighted by molar-refractivity contribution is 0.199. The predicted molar refractivity (Wildman–Crippen MR) is 93.9 cm³/mol. The Balaban J connectivity index is 4.15. The average molecular weight is 372 g/mol. The highest BCUT2D eigenvalue weighted by molar-refractivity contribution is 7.70. The molecular formula is C15H34O6P2. The minimum absolute atomic E-state index is 0.219. The molecule has 0 aromatic heterocycles. The normalized spacial score (nSPS) is 12.7. The lowest BCUT2D eigenvalue weighted by Crippen LogP contribution is -2.04. The monoisotopic (exact) mass is 372 g/mol. The highest BCUT2D eigenvalue weighted by Crippen LogP contribution is 2.59. The van der Waals surface area contributed by atoms with E-state index in [0.29, 0.717) is 0 Å². The van der Waals surface area contributed by atoms with Gasteiger partial charge in [-0.3, -0.25) is 9.13 Å². The molecule has 0 aliphatic heterocycles. The molecule has 0 saturated carbocycles. The number of hydrogen-bond donors (Lipinski definition) is 2. The van der Waals surface area contributed by atoms with E-state index >= 15 is 0 Å². The first-order chi connectivity index (χ1) is 10.8. The van der Waals surface area contributed by atoms with E-state index in [-0.39, 0.29) is 13.2 Å². The molecule has 0 amide bonds. The SMILES string of the molecule is CCCCCCCOP(=O)(CP(=O)(O)O)OCCCCCCC. The standard InChI is InChI=1S/C15H34O6P2/c1-3-5-7-9-11-13-20-23(19,15-22(16,17)18)21-14-12-10-8-6-4-2/h3-15H2,1-2H3,(H2,16,17,18). The summed E-state index contributed by atoms with van der Waals surface area (Å²) >= 11 is 0. The molecule has 0 rings (SSSR count). The van der Waals surface area contributed by atoms with Crippen molar-refractivity contribution in [3.8, 4) is 0 Å². The Labute approximate surface area is 141 Å². The Morgan fingerprint density at radius 2 is 1.09 bits per heavy atom. The van der Waals surface area contributed by atoms with Crippen LogP contribution in [0.15, 0.2) is 0 Å². The second kappa shape index (κ2) is 13.6. The van der Waals surface area contributed by atoms with E-state index in [1.165, 1.54) is 0 Å². The molecule has 0 radical (unpaired) electrons. The van der Waals surface area contributed by atoms with Crippen molar-refractivity contribution in [2.45, 2.75) is 78.1 Å². The van der Waals surface area contributed by atoms with Crippen LogP contribution in [0.25, 0.3) is 0 Å². The van der Waals surface area contributed by atoms with Crippen LogP contribution in [0, 0.1) is 0 Å². The second-order valence-electron chi connectivity index (χ2n) is 5.91. The van der Waals surface area contributed by atoms with E-state index in [4.69, 9.17) is 18.8 Å². The first-order valence-corrected chi connectivity index (χ1v) is 12.3. The van der Waals surface area contributed by atoms with Crippen LogP contribution in [-0.2, 0) is 18.2 Å². The molecule has 0 spiro atoms. The summed E-state index contributed by atoms with van der Waals surface area (Å²) in [6, 6.07) is 0. The summed E-state index contributed by atoms with van der Waals surface area (Å²) in [6.07, 6.45) is 10.1. The smallest absolute Gasteiger partial charge is 0.324 e. The Hall–Kier alpha value is 0.300. The zero-order valence-corrected chi connectivity index (χ0v) is 16.4. The zero-order valence-electron chi connectivity index (χ0n) is 14.6. The summed E-state index contributed by atoms with van der Waals surface area (Å²) in [5, 5.41) is 0. The van der Waals surface area contributed by atoms with Crippen molar-refractivity contribution >= 4 is 15.2 Å². The summed E-state index contributed by atoms with van der Waals surface area (Å²) in [6.45, 7) is 4.69. The fourth-order valence-corrected chi connectivity index (χ4v) is 5.51. The van der Waals surface area contributed by atoms with Crippen LogP contribution in [0.1, 0.15) is 78.1 Å². The molecule has 0 aliphatic carbocycles. The molecule has 0 bridgehead atoms. The average Bonchev–Trinajstić information content (AvgIpc) is 2.44. The third kappa shape index (κ3) is 15.6. The van der Waals surface area contributed by atoms with E-state index < -0.39 is 21.1 Å². The first kappa shape index (κ1) is 23.3. The molecule has 0 aromatic carbocycles. The Morgan fingerprint density at radius 3 is 1.43 bits per heavy atom. The molecule has 0 aliphatic rings. The minimum atomic E-state index is -4.43. The van der Waals surface area contributed by atoms with Gasteiger partial charge in [-0.1, -0.05) is 65.2 Å². The molecule has 23 heavy (non-hydrogen) atoms. The Kier molecular flexibility index (Phi) is 13.8. The third-order valence-electron chi connectivity index (χ3n) is 3.43. The number of rotatable bonds is 16. The van der Waals surface area contributed by atoms with Gasteiger partial charge >= 0.3 is 15.2 Å². The molecule has 6 nitrogen and oxygen atoms in total. The number of hydrogen-bond acceptors (Lipinski definition) is 4. The van der Waals surface area contributed by atoms with Crippen LogP contribution in [0.5, 0.6) is 0 Å². The topological polar surface area (TPSA) is 93.1 Å². The van der Waals surface area contributed by atoms with E-state index in [9.17, 15) is 9.13 Å². The molecule has 2 N–H and O–H groups in total. The van der Waals surface area contributed by atoms with Crippen LogP contribution in [0.4, 0.5) is 0 Å². The van der Waals surface area contributed by atoms with Gasteiger partial charge in [0.2, 0.25) is 0 Å². The van der Waals surface area contributed by atoms with Crippen LogP contribution < -0.4 is 0 Å². The molecule has 0 unspecified atom stereocenters. The van der Waals surface area contributed by atoms with Gasteiger partial charge in [-0.25, -0.2) is 0 Å². The van der Waals surface area contributed by atoms with Crippen LogP contribution in [0.3, 0.4) is 0 Å². The fourth-order valence-electron chi connectivity index (χ4n) is 2.16. The first-order valence-electron chi connectivity index (χ1n) is 8.75. The molecule has 0 aromatic rings. The number of unbranched alkanes of at least 4 members (excludes halogenated alkanes) is 8. The molecule has 0 atom stereocenters. The van der Waals surface area contributed by atoms with Crippen molar-refractivity contribution in [1.82, 2.24) is 0 Å². The van der Waals surface area contributed by atoms with Crippen LogP contribution in [-0.4, -0.2) is 28.9 Å². The van der Waals surface area contributed by atoms with Gasteiger partial charge in [-0.2, -0.15) is 0 Å². The third-order valence-corrected chi connectivity index (χ3v) is 7.44. The van der Waals surface area contributed by atoms with Gasteiger partial charge in [0.1, 0.15) is 0 Å². The highest BCUT2D eigenvalue weighted by atomic mass is 31.2.